The lowest BCUT2D eigenvalue weighted by Gasteiger charge is -2.21. The Morgan fingerprint density at radius 1 is 1.15 bits per heavy atom. The first kappa shape index (κ1) is 27.0. The van der Waals surface area contributed by atoms with Crippen LogP contribution in [0.1, 0.15) is 76.0 Å². The Balaban J connectivity index is 2.46. The van der Waals surface area contributed by atoms with Gasteiger partial charge in [0.25, 0.3) is 0 Å². The van der Waals surface area contributed by atoms with Gasteiger partial charge in [0.2, 0.25) is 6.29 Å². The average Bonchev–Trinajstić information content (AvgIpc) is 3.02. The molecule has 0 bridgehead atoms. The minimum Gasteiger partial charge on any atom is -0.451 e. The predicted octanol–water partition coefficient (Wildman–Crippen LogP) is 6.29. The van der Waals surface area contributed by atoms with E-state index in [1.165, 1.54) is 0 Å². The molecule has 0 saturated heterocycles. The van der Waals surface area contributed by atoms with Gasteiger partial charge in [-0.25, -0.2) is 4.79 Å². The minimum atomic E-state index is -0.980. The van der Waals surface area contributed by atoms with Gasteiger partial charge >= 0.3 is 6.16 Å². The molecule has 7 nitrogen and oxygen atoms in total. The Hall–Kier alpha value is -3.27. The van der Waals surface area contributed by atoms with Crippen molar-refractivity contribution in [3.8, 4) is 6.07 Å². The summed E-state index contributed by atoms with van der Waals surface area (Å²) in [7, 11) is 1.79. The van der Waals surface area contributed by atoms with Crippen molar-refractivity contribution in [3.05, 3.63) is 52.3 Å². The molecule has 34 heavy (non-hydrogen) atoms. The monoisotopic (exact) mass is 467 g/mol. The summed E-state index contributed by atoms with van der Waals surface area (Å²) in [6, 6.07) is 10.1. The molecule has 1 aromatic heterocycles. The fourth-order valence-electron chi connectivity index (χ4n) is 3.39. The van der Waals surface area contributed by atoms with E-state index in [0.717, 1.165) is 23.2 Å². The maximum absolute atomic E-state index is 12.1. The molecule has 7 heteroatoms. The van der Waals surface area contributed by atoms with Gasteiger partial charge in [0.1, 0.15) is 17.3 Å². The fraction of sp³-hybridized carbons (Fsp3) is 0.519. The number of allylic oxidation sites excluding steroid dienone is 1. The van der Waals surface area contributed by atoms with Gasteiger partial charge in [-0.05, 0) is 36.3 Å². The zero-order valence-corrected chi connectivity index (χ0v) is 21.9. The van der Waals surface area contributed by atoms with Crippen molar-refractivity contribution in [3.63, 3.8) is 0 Å². The molecule has 0 amide bonds. The second-order valence-corrected chi connectivity index (χ2v) is 9.70. The molecule has 0 fully saturated rings. The van der Waals surface area contributed by atoms with Gasteiger partial charge < -0.3 is 14.2 Å². The number of benzene rings is 1. The van der Waals surface area contributed by atoms with Crippen molar-refractivity contribution >= 4 is 17.5 Å². The number of rotatable bonds is 8. The number of carbonyl (C=O) groups is 1. The van der Waals surface area contributed by atoms with Crippen LogP contribution in [0.15, 0.2) is 24.3 Å². The number of hydrogen-bond donors (Lipinski definition) is 0. The van der Waals surface area contributed by atoms with Crippen molar-refractivity contribution in [2.24, 2.45) is 13.0 Å². The molecule has 0 aliphatic rings. The molecule has 1 heterocycles. The van der Waals surface area contributed by atoms with E-state index < -0.39 is 12.4 Å². The van der Waals surface area contributed by atoms with Gasteiger partial charge in [-0.1, -0.05) is 65.3 Å². The van der Waals surface area contributed by atoms with E-state index in [4.69, 9.17) is 14.2 Å². The van der Waals surface area contributed by atoms with Crippen molar-refractivity contribution in [1.29, 1.82) is 5.26 Å². The topological polar surface area (TPSA) is 86.4 Å². The number of aryl methyl sites for hydroxylation is 2. The maximum atomic E-state index is 12.1. The van der Waals surface area contributed by atoms with E-state index in [9.17, 15) is 10.1 Å². The summed E-state index contributed by atoms with van der Waals surface area (Å²) in [6.07, 6.45) is -0.894. The smallest absolute Gasteiger partial charge is 0.451 e. The number of carbonyl (C=O) groups excluding carboxylic acids is 1. The molecule has 0 aliphatic heterocycles. The molecular formula is C27H37N3O4. The summed E-state index contributed by atoms with van der Waals surface area (Å²) < 4.78 is 18.3. The largest absolute Gasteiger partial charge is 0.511 e. The van der Waals surface area contributed by atoms with Gasteiger partial charge in [-0.15, -0.1) is 0 Å². The Bertz CT molecular complexity index is 1070. The number of nitriles is 1. The predicted molar refractivity (Wildman–Crippen MR) is 133 cm³/mol. The van der Waals surface area contributed by atoms with Gasteiger partial charge in [0, 0.05) is 19.5 Å². The Morgan fingerprint density at radius 3 is 2.24 bits per heavy atom. The highest BCUT2D eigenvalue weighted by Gasteiger charge is 2.25. The summed E-state index contributed by atoms with van der Waals surface area (Å²) in [5.74, 6) is 0.536. The molecule has 0 saturated carbocycles. The molecule has 0 radical (unpaired) electrons. The van der Waals surface area contributed by atoms with Gasteiger partial charge in [0.15, 0.2) is 5.76 Å². The number of hydrogen-bond acceptors (Lipinski definition) is 6. The highest BCUT2D eigenvalue weighted by atomic mass is 16.8. The van der Waals surface area contributed by atoms with Crippen molar-refractivity contribution < 1.29 is 19.0 Å². The summed E-state index contributed by atoms with van der Waals surface area (Å²) in [6.45, 7) is 16.1. The van der Waals surface area contributed by atoms with Gasteiger partial charge in [-0.3, -0.25) is 4.68 Å². The Kier molecular flexibility index (Phi) is 8.92. The minimum absolute atomic E-state index is 0.0118. The highest BCUT2D eigenvalue weighted by Crippen LogP contribution is 2.32. The average molecular weight is 468 g/mol. The van der Waals surface area contributed by atoms with E-state index in [1.807, 2.05) is 52.0 Å². The summed E-state index contributed by atoms with van der Waals surface area (Å²) in [5.41, 5.74) is 4.53. The van der Waals surface area contributed by atoms with E-state index in [1.54, 1.807) is 18.7 Å². The van der Waals surface area contributed by atoms with E-state index in [-0.39, 0.29) is 17.9 Å². The molecular weight excluding hydrogens is 430 g/mol. The van der Waals surface area contributed by atoms with Crippen LogP contribution < -0.4 is 0 Å². The lowest BCUT2D eigenvalue weighted by molar-refractivity contribution is -0.0694. The summed E-state index contributed by atoms with van der Waals surface area (Å²) >= 11 is 0. The van der Waals surface area contributed by atoms with Crippen LogP contribution in [0.4, 0.5) is 4.79 Å². The molecule has 0 spiro atoms. The third kappa shape index (κ3) is 6.63. The van der Waals surface area contributed by atoms with Crippen LogP contribution in [0.3, 0.4) is 0 Å². The van der Waals surface area contributed by atoms with Crippen LogP contribution in [0, 0.1) is 31.1 Å². The van der Waals surface area contributed by atoms with Gasteiger partial charge in [-0.2, -0.15) is 10.4 Å². The van der Waals surface area contributed by atoms with Crippen molar-refractivity contribution in [1.82, 2.24) is 9.78 Å². The van der Waals surface area contributed by atoms with Gasteiger partial charge in [0.05, 0.1) is 12.3 Å². The van der Waals surface area contributed by atoms with Crippen LogP contribution in [0.25, 0.3) is 11.3 Å². The summed E-state index contributed by atoms with van der Waals surface area (Å²) in [5, 5.41) is 14.6. The first-order chi connectivity index (χ1) is 15.9. The molecule has 184 valence electrons. The maximum Gasteiger partial charge on any atom is 0.511 e. The highest BCUT2D eigenvalue weighted by molar-refractivity contribution is 5.94. The molecule has 0 N–H and O–H groups in total. The first-order valence-corrected chi connectivity index (χ1v) is 11.6. The quantitative estimate of drug-likeness (QED) is 0.196. The molecule has 2 unspecified atom stereocenters. The number of nitrogens with zero attached hydrogens (tertiary/aromatic N) is 3. The molecule has 2 aromatic rings. The molecule has 1 aromatic carbocycles. The lowest BCUT2D eigenvalue weighted by atomic mass is 9.86. The van der Waals surface area contributed by atoms with Crippen LogP contribution in [0.5, 0.6) is 0 Å². The number of ether oxygens (including phenoxy) is 3. The third-order valence-corrected chi connectivity index (χ3v) is 5.84. The molecule has 2 rings (SSSR count). The van der Waals surface area contributed by atoms with Crippen molar-refractivity contribution in [2.45, 2.75) is 73.5 Å². The lowest BCUT2D eigenvalue weighted by Crippen LogP contribution is -2.21. The van der Waals surface area contributed by atoms with Crippen molar-refractivity contribution in [2.75, 3.05) is 6.61 Å². The Morgan fingerprint density at radius 2 is 1.76 bits per heavy atom. The Labute approximate surface area is 203 Å². The molecule has 0 aliphatic carbocycles. The van der Waals surface area contributed by atoms with Crippen LogP contribution in [0.2, 0.25) is 0 Å². The normalized spacial score (nSPS) is 14.0. The SMILES string of the molecule is CCC(C)COC(=O)OC(C)O/C(=C(/C#N)c1ccc(C(C)(C)C)cc1)c1c(C)c(C)nn1C. The van der Waals surface area contributed by atoms with Crippen LogP contribution >= 0.6 is 0 Å². The standard InChI is InChI=1S/C27H37N3O4/c1-10-17(2)16-32-26(31)34-20(5)33-25(24-18(3)19(4)29-30(24)9)23(15-28)21-11-13-22(14-12-21)27(6,7)8/h11-14,17,20H,10,16H2,1-9H3/b25-23-. The van der Waals surface area contributed by atoms with Crippen LogP contribution in [-0.2, 0) is 26.7 Å². The first-order valence-electron chi connectivity index (χ1n) is 11.6. The number of aromatic nitrogens is 2. The zero-order valence-electron chi connectivity index (χ0n) is 21.9. The second kappa shape index (κ2) is 11.2. The van der Waals surface area contributed by atoms with E-state index in [0.29, 0.717) is 22.6 Å². The van der Waals surface area contributed by atoms with E-state index >= 15 is 0 Å². The fourth-order valence-corrected chi connectivity index (χ4v) is 3.39. The van der Waals surface area contributed by atoms with Crippen LogP contribution in [-0.4, -0.2) is 28.8 Å². The summed E-state index contributed by atoms with van der Waals surface area (Å²) in [4.78, 5) is 12.1. The third-order valence-electron chi connectivity index (χ3n) is 5.84. The van der Waals surface area contributed by atoms with E-state index in [2.05, 4.69) is 31.9 Å². The molecule has 2 atom stereocenters. The zero-order chi connectivity index (χ0) is 25.6. The second-order valence-electron chi connectivity index (χ2n) is 9.70.